The van der Waals surface area contributed by atoms with E-state index in [0.717, 1.165) is 22.8 Å². The van der Waals surface area contributed by atoms with Crippen molar-refractivity contribution in [2.24, 2.45) is 7.05 Å². The number of nitrogen functional groups attached to an aromatic ring is 1. The summed E-state index contributed by atoms with van der Waals surface area (Å²) in [6.45, 7) is 2.01. The van der Waals surface area contributed by atoms with Gasteiger partial charge in [-0.2, -0.15) is 5.10 Å². The Morgan fingerprint density at radius 3 is 2.73 bits per heavy atom. The molecule has 15 heavy (non-hydrogen) atoms. The number of hydrogen-bond acceptors (Lipinski definition) is 3. The number of anilines is 3. The van der Waals surface area contributed by atoms with Crippen molar-refractivity contribution in [3.63, 3.8) is 0 Å². The lowest BCUT2D eigenvalue weighted by molar-refractivity contribution is 0.771. The predicted octanol–water partition coefficient (Wildman–Crippen LogP) is 2.05. The Morgan fingerprint density at radius 1 is 1.33 bits per heavy atom. The lowest BCUT2D eigenvalue weighted by Crippen LogP contribution is -1.98. The van der Waals surface area contributed by atoms with Crippen molar-refractivity contribution in [2.75, 3.05) is 11.1 Å². The molecule has 3 N–H and O–H groups in total. The van der Waals surface area contributed by atoms with Crippen LogP contribution in [0, 0.1) is 6.92 Å². The van der Waals surface area contributed by atoms with E-state index in [1.54, 1.807) is 4.68 Å². The summed E-state index contributed by atoms with van der Waals surface area (Å²) in [7, 11) is 1.88. The summed E-state index contributed by atoms with van der Waals surface area (Å²) < 4.78 is 1.74. The molecule has 1 heterocycles. The van der Waals surface area contributed by atoms with Crippen LogP contribution < -0.4 is 11.1 Å². The van der Waals surface area contributed by atoms with E-state index in [9.17, 15) is 0 Å². The molecular weight excluding hydrogens is 188 g/mol. The zero-order chi connectivity index (χ0) is 10.8. The van der Waals surface area contributed by atoms with Crippen LogP contribution in [0.25, 0.3) is 0 Å². The molecule has 0 amide bonds. The molecule has 0 aliphatic carbocycles. The summed E-state index contributed by atoms with van der Waals surface area (Å²) in [5.74, 6) is 0.799. The van der Waals surface area contributed by atoms with E-state index in [1.807, 2.05) is 44.4 Å². The molecule has 0 fully saturated rings. The largest absolute Gasteiger partial charge is 0.397 e. The fraction of sp³-hybridized carbons (Fsp3) is 0.182. The third-order valence-corrected chi connectivity index (χ3v) is 2.18. The standard InChI is InChI=1S/C11H14N4/c1-8-3-4-10(9(12)7-8)13-11-5-6-15(2)14-11/h3-7H,12H2,1-2H3,(H,13,14). The monoisotopic (exact) mass is 202 g/mol. The Morgan fingerprint density at radius 2 is 2.13 bits per heavy atom. The van der Waals surface area contributed by atoms with E-state index in [-0.39, 0.29) is 0 Å². The summed E-state index contributed by atoms with van der Waals surface area (Å²) in [4.78, 5) is 0. The fourth-order valence-corrected chi connectivity index (χ4v) is 1.42. The minimum Gasteiger partial charge on any atom is -0.397 e. The molecule has 0 aliphatic heterocycles. The maximum Gasteiger partial charge on any atom is 0.152 e. The molecule has 0 bridgehead atoms. The number of aromatic nitrogens is 2. The fourth-order valence-electron chi connectivity index (χ4n) is 1.42. The third-order valence-electron chi connectivity index (χ3n) is 2.18. The molecule has 2 aromatic rings. The van der Waals surface area contributed by atoms with Crippen molar-refractivity contribution in [1.82, 2.24) is 9.78 Å². The first-order valence-electron chi connectivity index (χ1n) is 4.78. The molecular formula is C11H14N4. The Kier molecular flexibility index (Phi) is 2.33. The Balaban J connectivity index is 2.24. The van der Waals surface area contributed by atoms with Gasteiger partial charge in [0.1, 0.15) is 0 Å². The van der Waals surface area contributed by atoms with Crippen LogP contribution in [-0.2, 0) is 7.05 Å². The molecule has 0 radical (unpaired) electrons. The molecule has 0 spiro atoms. The molecule has 0 atom stereocenters. The highest BCUT2D eigenvalue weighted by Crippen LogP contribution is 2.22. The number of nitrogens with two attached hydrogens (primary N) is 1. The number of rotatable bonds is 2. The average molecular weight is 202 g/mol. The van der Waals surface area contributed by atoms with Gasteiger partial charge in [-0.1, -0.05) is 6.07 Å². The molecule has 0 aliphatic rings. The van der Waals surface area contributed by atoms with E-state index in [0.29, 0.717) is 0 Å². The molecule has 0 saturated heterocycles. The lowest BCUT2D eigenvalue weighted by atomic mass is 10.2. The van der Waals surface area contributed by atoms with Gasteiger partial charge >= 0.3 is 0 Å². The van der Waals surface area contributed by atoms with Gasteiger partial charge in [0.05, 0.1) is 11.4 Å². The minimum absolute atomic E-state index is 0.737. The van der Waals surface area contributed by atoms with Crippen molar-refractivity contribution < 1.29 is 0 Å². The zero-order valence-corrected chi connectivity index (χ0v) is 8.86. The molecule has 4 heteroatoms. The van der Waals surface area contributed by atoms with Crippen LogP contribution in [0.15, 0.2) is 30.5 Å². The van der Waals surface area contributed by atoms with Gasteiger partial charge < -0.3 is 11.1 Å². The van der Waals surface area contributed by atoms with E-state index in [2.05, 4.69) is 10.4 Å². The van der Waals surface area contributed by atoms with E-state index in [4.69, 9.17) is 5.73 Å². The highest BCUT2D eigenvalue weighted by Gasteiger charge is 2.01. The van der Waals surface area contributed by atoms with Crippen molar-refractivity contribution in [3.05, 3.63) is 36.0 Å². The van der Waals surface area contributed by atoms with Crippen LogP contribution in [0.1, 0.15) is 5.56 Å². The Labute approximate surface area is 88.7 Å². The number of nitrogens with zero attached hydrogens (tertiary/aromatic N) is 2. The molecule has 78 valence electrons. The molecule has 0 saturated carbocycles. The Bertz CT molecular complexity index is 473. The third kappa shape index (κ3) is 2.10. The highest BCUT2D eigenvalue weighted by molar-refractivity contribution is 5.71. The first kappa shape index (κ1) is 9.58. The predicted molar refractivity (Wildman–Crippen MR) is 62.1 cm³/mol. The quantitative estimate of drug-likeness (QED) is 0.733. The van der Waals surface area contributed by atoms with Crippen LogP contribution in [-0.4, -0.2) is 9.78 Å². The number of hydrogen-bond donors (Lipinski definition) is 2. The molecule has 1 aromatic carbocycles. The van der Waals surface area contributed by atoms with Crippen molar-refractivity contribution >= 4 is 17.2 Å². The van der Waals surface area contributed by atoms with Crippen molar-refractivity contribution in [3.8, 4) is 0 Å². The molecule has 2 rings (SSSR count). The number of benzene rings is 1. The van der Waals surface area contributed by atoms with Gasteiger partial charge in [-0.15, -0.1) is 0 Å². The first-order valence-corrected chi connectivity index (χ1v) is 4.78. The second-order valence-electron chi connectivity index (χ2n) is 3.59. The van der Waals surface area contributed by atoms with Gasteiger partial charge in [-0.05, 0) is 24.6 Å². The van der Waals surface area contributed by atoms with Crippen LogP contribution in [0.2, 0.25) is 0 Å². The second-order valence-corrected chi connectivity index (χ2v) is 3.59. The summed E-state index contributed by atoms with van der Waals surface area (Å²) in [6, 6.07) is 7.81. The summed E-state index contributed by atoms with van der Waals surface area (Å²) in [6.07, 6.45) is 1.88. The normalized spacial score (nSPS) is 10.3. The minimum atomic E-state index is 0.737. The van der Waals surface area contributed by atoms with Crippen LogP contribution in [0.3, 0.4) is 0 Å². The van der Waals surface area contributed by atoms with Crippen molar-refractivity contribution in [2.45, 2.75) is 6.92 Å². The molecule has 1 aromatic heterocycles. The lowest BCUT2D eigenvalue weighted by Gasteiger charge is -2.07. The smallest absolute Gasteiger partial charge is 0.152 e. The van der Waals surface area contributed by atoms with Gasteiger partial charge in [-0.25, -0.2) is 0 Å². The van der Waals surface area contributed by atoms with Gasteiger partial charge in [-0.3, -0.25) is 4.68 Å². The maximum absolute atomic E-state index is 5.88. The summed E-state index contributed by atoms with van der Waals surface area (Å²) in [5, 5.41) is 7.38. The zero-order valence-electron chi connectivity index (χ0n) is 8.86. The topological polar surface area (TPSA) is 55.9 Å². The van der Waals surface area contributed by atoms with Gasteiger partial charge in [0, 0.05) is 19.3 Å². The van der Waals surface area contributed by atoms with Crippen LogP contribution in [0.5, 0.6) is 0 Å². The van der Waals surface area contributed by atoms with Gasteiger partial charge in [0.15, 0.2) is 5.82 Å². The van der Waals surface area contributed by atoms with Crippen LogP contribution >= 0.6 is 0 Å². The molecule has 0 unspecified atom stereocenters. The highest BCUT2D eigenvalue weighted by atomic mass is 15.3. The van der Waals surface area contributed by atoms with E-state index in [1.165, 1.54) is 0 Å². The van der Waals surface area contributed by atoms with Gasteiger partial charge in [0.25, 0.3) is 0 Å². The van der Waals surface area contributed by atoms with Gasteiger partial charge in [0.2, 0.25) is 0 Å². The maximum atomic E-state index is 5.88. The van der Waals surface area contributed by atoms with E-state index < -0.39 is 0 Å². The summed E-state index contributed by atoms with van der Waals surface area (Å²) >= 11 is 0. The number of nitrogens with one attached hydrogen (secondary N) is 1. The van der Waals surface area contributed by atoms with Crippen LogP contribution in [0.4, 0.5) is 17.2 Å². The Hall–Kier alpha value is -1.97. The first-order chi connectivity index (χ1) is 7.15. The SMILES string of the molecule is Cc1ccc(Nc2ccn(C)n2)c(N)c1. The number of aryl methyl sites for hydroxylation is 2. The molecule has 4 nitrogen and oxygen atoms in total. The second kappa shape index (κ2) is 3.65. The summed E-state index contributed by atoms with van der Waals surface area (Å²) in [5.41, 5.74) is 8.66. The van der Waals surface area contributed by atoms with E-state index >= 15 is 0 Å². The van der Waals surface area contributed by atoms with Crippen molar-refractivity contribution in [1.29, 1.82) is 0 Å². The average Bonchev–Trinajstić information content (AvgIpc) is 2.56.